The summed E-state index contributed by atoms with van der Waals surface area (Å²) in [7, 11) is 0. The summed E-state index contributed by atoms with van der Waals surface area (Å²) in [6.45, 7) is 20.9. The van der Waals surface area contributed by atoms with Gasteiger partial charge in [0.05, 0.1) is 18.3 Å². The highest BCUT2D eigenvalue weighted by atomic mass is 16.5. The largest absolute Gasteiger partial charge is 0.378 e. The Morgan fingerprint density at radius 1 is 0.686 bits per heavy atom. The van der Waals surface area contributed by atoms with Crippen molar-refractivity contribution in [3.05, 3.63) is 0 Å². The minimum Gasteiger partial charge on any atom is -0.378 e. The lowest BCUT2D eigenvalue weighted by Crippen LogP contribution is -2.58. The van der Waals surface area contributed by atoms with Gasteiger partial charge >= 0.3 is 0 Å². The van der Waals surface area contributed by atoms with Gasteiger partial charge in [0.15, 0.2) is 0 Å². The van der Waals surface area contributed by atoms with Crippen LogP contribution in [-0.4, -0.2) is 82.3 Å². The van der Waals surface area contributed by atoms with Crippen LogP contribution in [0, 0.1) is 46.3 Å². The fraction of sp³-hybridized carbons (Fsp3) is 1.00. The number of fused-ring (bicyclic) bond motifs is 6. The summed E-state index contributed by atoms with van der Waals surface area (Å²) in [4.78, 5) is 2.80. The van der Waals surface area contributed by atoms with Gasteiger partial charge in [0.25, 0.3) is 0 Å². The molecule has 4 saturated carbocycles. The molecule has 2 bridgehead atoms. The molecule has 4 aliphatic carbocycles. The Morgan fingerprint density at radius 3 is 1.96 bits per heavy atom. The van der Waals surface area contributed by atoms with E-state index in [-0.39, 0.29) is 10.8 Å². The lowest BCUT2D eigenvalue weighted by atomic mass is 9.49. The van der Waals surface area contributed by atoms with Crippen molar-refractivity contribution in [1.29, 1.82) is 0 Å². The Balaban J connectivity index is 1.56. The van der Waals surface area contributed by atoms with E-state index in [4.69, 9.17) is 31.4 Å². The predicted octanol–water partition coefficient (Wildman–Crippen LogP) is 8.56. The van der Waals surface area contributed by atoms with Crippen LogP contribution in [0.3, 0.4) is 0 Å². The van der Waals surface area contributed by atoms with Crippen LogP contribution in [0.4, 0.5) is 0 Å². The van der Waals surface area contributed by atoms with Gasteiger partial charge in [-0.2, -0.15) is 0 Å². The number of unbranched alkanes of at least 4 members (excludes halogenated alkanes) is 4. The van der Waals surface area contributed by atoms with Gasteiger partial charge in [0, 0.05) is 25.2 Å². The molecule has 0 spiro atoms. The average Bonchev–Trinajstić information content (AvgIpc) is 3.32. The van der Waals surface area contributed by atoms with Crippen LogP contribution in [0.25, 0.3) is 0 Å². The average molecular weight is 719 g/mol. The summed E-state index contributed by atoms with van der Waals surface area (Å²) >= 11 is 0. The Morgan fingerprint density at radius 2 is 1.31 bits per heavy atom. The number of rotatable bonds is 25. The van der Waals surface area contributed by atoms with E-state index in [9.17, 15) is 0 Å². The second kappa shape index (κ2) is 22.3. The van der Waals surface area contributed by atoms with Crippen molar-refractivity contribution in [3.8, 4) is 0 Å². The fourth-order valence-electron chi connectivity index (χ4n) is 12.1. The Hall–Kier alpha value is -0.280. The predicted molar refractivity (Wildman–Crippen MR) is 215 cm³/mol. The monoisotopic (exact) mass is 719 g/mol. The number of hydrogen-bond donors (Lipinski definition) is 3. The number of hydrogen-bond acceptors (Lipinski definition) is 7. The minimum atomic E-state index is 0.172. The molecule has 0 unspecified atom stereocenters. The zero-order valence-electron chi connectivity index (χ0n) is 34.4. The Kier molecular flexibility index (Phi) is 19.0. The second-order valence-corrected chi connectivity index (χ2v) is 18.4. The number of nitrogens with zero attached hydrogens (tertiary/aromatic N) is 1. The first-order valence-corrected chi connectivity index (χ1v) is 22.4. The Labute approximate surface area is 316 Å². The third-order valence-corrected chi connectivity index (χ3v) is 14.8. The van der Waals surface area contributed by atoms with E-state index in [1.807, 2.05) is 0 Å². The number of nitrogens with two attached hydrogens (primary N) is 3. The first-order chi connectivity index (χ1) is 24.7. The molecule has 0 aliphatic heterocycles. The normalized spacial score (nSPS) is 35.7. The van der Waals surface area contributed by atoms with Crippen LogP contribution in [-0.2, 0) is 14.2 Å². The van der Waals surface area contributed by atoms with E-state index < -0.39 is 0 Å². The molecule has 0 aromatic rings. The van der Waals surface area contributed by atoms with Gasteiger partial charge in [-0.1, -0.05) is 60.3 Å². The molecule has 4 aliphatic rings. The van der Waals surface area contributed by atoms with Gasteiger partial charge in [-0.05, 0) is 177 Å². The summed E-state index contributed by atoms with van der Waals surface area (Å²) in [5, 5.41) is 0. The summed E-state index contributed by atoms with van der Waals surface area (Å²) in [6.07, 6.45) is 24.4. The molecule has 4 rings (SSSR count). The van der Waals surface area contributed by atoms with Gasteiger partial charge < -0.3 is 36.3 Å². The van der Waals surface area contributed by atoms with Crippen LogP contribution in [0.5, 0.6) is 0 Å². The van der Waals surface area contributed by atoms with E-state index >= 15 is 0 Å². The minimum absolute atomic E-state index is 0.172. The molecular weight excluding hydrogens is 633 g/mol. The molecule has 6 N–H and O–H groups in total. The smallest absolute Gasteiger partial charge is 0.0637 e. The Bertz CT molecular complexity index is 930. The molecular formula is C44H86N4O3. The zero-order chi connectivity index (χ0) is 36.7. The molecule has 0 saturated heterocycles. The van der Waals surface area contributed by atoms with Crippen LogP contribution < -0.4 is 17.2 Å². The van der Waals surface area contributed by atoms with E-state index in [0.717, 1.165) is 39.1 Å². The van der Waals surface area contributed by atoms with Crippen LogP contribution in [0.1, 0.15) is 157 Å². The molecule has 7 heteroatoms. The van der Waals surface area contributed by atoms with E-state index in [1.165, 1.54) is 122 Å². The van der Waals surface area contributed by atoms with E-state index in [1.54, 1.807) is 0 Å². The van der Waals surface area contributed by atoms with Crippen molar-refractivity contribution in [2.24, 2.45) is 63.5 Å². The fourth-order valence-corrected chi connectivity index (χ4v) is 12.1. The molecule has 0 radical (unpaired) electrons. The highest BCUT2D eigenvalue weighted by Gasteiger charge is 2.64. The summed E-state index contributed by atoms with van der Waals surface area (Å²) in [5.41, 5.74) is 18.4. The molecule has 300 valence electrons. The van der Waals surface area contributed by atoms with Crippen molar-refractivity contribution in [2.45, 2.75) is 175 Å². The van der Waals surface area contributed by atoms with Gasteiger partial charge in [-0.25, -0.2) is 0 Å². The third kappa shape index (κ3) is 11.6. The van der Waals surface area contributed by atoms with Crippen molar-refractivity contribution in [2.75, 3.05) is 59.1 Å². The summed E-state index contributed by atoms with van der Waals surface area (Å²) < 4.78 is 20.7. The van der Waals surface area contributed by atoms with Crippen LogP contribution >= 0.6 is 0 Å². The van der Waals surface area contributed by atoms with Crippen molar-refractivity contribution in [3.63, 3.8) is 0 Å². The van der Waals surface area contributed by atoms with Crippen LogP contribution in [0.2, 0.25) is 0 Å². The maximum absolute atomic E-state index is 7.12. The number of ether oxygens (including phenoxy) is 3. The molecule has 4 fully saturated rings. The quantitative estimate of drug-likeness (QED) is 0.0812. The van der Waals surface area contributed by atoms with Crippen LogP contribution in [0.15, 0.2) is 0 Å². The second-order valence-electron chi connectivity index (χ2n) is 18.4. The van der Waals surface area contributed by atoms with Gasteiger partial charge in [-0.15, -0.1) is 0 Å². The van der Waals surface area contributed by atoms with E-state index in [0.29, 0.717) is 73.5 Å². The molecule has 0 aromatic carbocycles. The molecule has 7 nitrogen and oxygen atoms in total. The first kappa shape index (κ1) is 43.4. The van der Waals surface area contributed by atoms with Crippen molar-refractivity contribution in [1.82, 2.24) is 4.90 Å². The zero-order valence-corrected chi connectivity index (χ0v) is 34.4. The molecule has 0 heterocycles. The lowest BCUT2D eigenvalue weighted by molar-refractivity contribution is -0.183. The molecule has 51 heavy (non-hydrogen) atoms. The molecule has 0 amide bonds. The maximum atomic E-state index is 7.12. The maximum Gasteiger partial charge on any atom is 0.0637 e. The van der Waals surface area contributed by atoms with Gasteiger partial charge in [0.2, 0.25) is 0 Å². The molecule has 11 atom stereocenters. The third-order valence-electron chi connectivity index (χ3n) is 14.8. The van der Waals surface area contributed by atoms with Crippen molar-refractivity contribution >= 4 is 0 Å². The summed E-state index contributed by atoms with van der Waals surface area (Å²) in [5.74, 6) is 3.90. The van der Waals surface area contributed by atoms with Crippen molar-refractivity contribution < 1.29 is 14.2 Å². The first-order valence-electron chi connectivity index (χ1n) is 22.4. The van der Waals surface area contributed by atoms with E-state index in [2.05, 4.69) is 39.5 Å². The van der Waals surface area contributed by atoms with Gasteiger partial charge in [0.1, 0.15) is 0 Å². The highest BCUT2D eigenvalue weighted by molar-refractivity contribution is 5.13. The van der Waals surface area contributed by atoms with Gasteiger partial charge in [-0.3, -0.25) is 0 Å². The topological polar surface area (TPSA) is 109 Å². The highest BCUT2D eigenvalue weighted by Crippen LogP contribution is 2.67. The standard InChI is InChI=1S/C44H86N4O3/c1-6-8-10-24-48(25-11-9-7-2)26-12-16-34(3)37-17-18-38-42-39(32-41(44(37,38)5)51-29-15-23-47)43(4)20-19-36(49-27-13-21-45)30-35(33-43)31-40(42)50-28-14-22-46/h34-42H,6-33,45-47H2,1-5H3/t34-,35-,36-,37-,38+,39+,40-,41+,42+,43+,44-/m1/s1. The molecule has 0 aromatic heterocycles. The summed E-state index contributed by atoms with van der Waals surface area (Å²) in [6, 6.07) is 0. The SMILES string of the molecule is CCCCCN(CCCCC)CCC[C@@H](C)[C@H]1CC[C@H]2[C@@H]3[C@H](OCCCN)C[C@H]4C[C@H](OCCCN)CC[C@@](C)(C4)[C@H]3C[C@H](OCCCN)[C@]12C. The lowest BCUT2D eigenvalue weighted by Gasteiger charge is -2.58.